The molecule has 0 radical (unpaired) electrons. The number of piperidine rings is 1. The van der Waals surface area contributed by atoms with E-state index in [1.54, 1.807) is 13.0 Å². The molecule has 1 aliphatic rings. The van der Waals surface area contributed by atoms with Crippen molar-refractivity contribution in [1.82, 2.24) is 19.8 Å². The number of methoxy groups -OCH3 is 1. The Labute approximate surface area is 165 Å². The zero-order chi connectivity index (χ0) is 20.1. The van der Waals surface area contributed by atoms with Crippen molar-refractivity contribution in [2.45, 2.75) is 39.8 Å². The third-order valence-electron chi connectivity index (χ3n) is 5.22. The molecule has 2 unspecified atom stereocenters. The van der Waals surface area contributed by atoms with Crippen LogP contribution < -0.4 is 5.32 Å². The Morgan fingerprint density at radius 3 is 3.00 bits per heavy atom. The number of aryl methyl sites for hydroxylation is 1. The van der Waals surface area contributed by atoms with E-state index < -0.39 is 5.97 Å². The van der Waals surface area contributed by atoms with Gasteiger partial charge in [-0.1, -0.05) is 6.92 Å². The molecule has 0 bridgehead atoms. The van der Waals surface area contributed by atoms with Crippen LogP contribution in [0.4, 0.5) is 0 Å². The highest BCUT2D eigenvalue weighted by Crippen LogP contribution is 2.27. The molecule has 28 heavy (non-hydrogen) atoms. The Morgan fingerprint density at radius 2 is 2.32 bits per heavy atom. The second kappa shape index (κ2) is 8.95. The van der Waals surface area contributed by atoms with Crippen molar-refractivity contribution in [3.8, 4) is 0 Å². The van der Waals surface area contributed by atoms with Crippen LogP contribution in [0.15, 0.2) is 34.2 Å². The van der Waals surface area contributed by atoms with Gasteiger partial charge < -0.3 is 23.9 Å². The predicted octanol–water partition coefficient (Wildman–Crippen LogP) is 2.62. The summed E-state index contributed by atoms with van der Waals surface area (Å²) in [6.07, 6.45) is 6.81. The molecule has 0 aliphatic carbocycles. The highest BCUT2D eigenvalue weighted by molar-refractivity contribution is 5.90. The molecule has 2 atom stereocenters. The van der Waals surface area contributed by atoms with Crippen LogP contribution in [0.1, 0.15) is 48.2 Å². The van der Waals surface area contributed by atoms with Crippen LogP contribution in [0.3, 0.4) is 0 Å². The molecule has 1 fully saturated rings. The largest absolute Gasteiger partial charge is 0.465 e. The average molecular weight is 387 g/mol. The van der Waals surface area contributed by atoms with Gasteiger partial charge in [-0.3, -0.25) is 0 Å². The van der Waals surface area contributed by atoms with E-state index in [1.165, 1.54) is 7.11 Å². The molecule has 1 saturated heterocycles. The topological polar surface area (TPSA) is 84.9 Å². The van der Waals surface area contributed by atoms with Crippen molar-refractivity contribution in [2.75, 3.05) is 26.7 Å². The van der Waals surface area contributed by atoms with Gasteiger partial charge in [0, 0.05) is 32.0 Å². The molecule has 8 heteroatoms. The number of nitrogens with one attached hydrogen (secondary N) is 1. The van der Waals surface area contributed by atoms with Gasteiger partial charge in [-0.2, -0.15) is 0 Å². The molecule has 8 nitrogen and oxygen atoms in total. The Kier molecular flexibility index (Phi) is 6.38. The average Bonchev–Trinajstić information content (AvgIpc) is 3.35. The highest BCUT2D eigenvalue weighted by atomic mass is 16.5. The van der Waals surface area contributed by atoms with E-state index in [0.717, 1.165) is 32.0 Å². The lowest BCUT2D eigenvalue weighted by Crippen LogP contribution is -2.49. The fourth-order valence-electron chi connectivity index (χ4n) is 3.61. The number of likely N-dealkylation sites (tertiary alicyclic amines) is 1. The van der Waals surface area contributed by atoms with E-state index in [0.29, 0.717) is 35.6 Å². The molecular formula is C20H29N5O3. The first-order chi connectivity index (χ1) is 13.5. The molecule has 1 aliphatic heterocycles. The van der Waals surface area contributed by atoms with Crippen LogP contribution >= 0.6 is 0 Å². The van der Waals surface area contributed by atoms with Crippen molar-refractivity contribution < 1.29 is 13.9 Å². The van der Waals surface area contributed by atoms with Crippen LogP contribution in [0.25, 0.3) is 0 Å². The van der Waals surface area contributed by atoms with E-state index >= 15 is 0 Å². The Balaban J connectivity index is 1.74. The number of carbonyl (C=O) groups excluding carboxylic acids is 1. The number of hydrogen-bond donors (Lipinski definition) is 1. The number of carbonyl (C=O) groups is 1. The molecule has 0 amide bonds. The first-order valence-electron chi connectivity index (χ1n) is 9.71. The first-order valence-corrected chi connectivity index (χ1v) is 9.71. The minimum atomic E-state index is -0.392. The van der Waals surface area contributed by atoms with Gasteiger partial charge in [0.15, 0.2) is 5.96 Å². The summed E-state index contributed by atoms with van der Waals surface area (Å²) in [5, 5.41) is 3.38. The molecule has 0 spiro atoms. The molecule has 2 aromatic heterocycles. The van der Waals surface area contributed by atoms with E-state index in [4.69, 9.17) is 14.1 Å². The monoisotopic (exact) mass is 387 g/mol. The molecule has 1 N–H and O–H groups in total. The smallest absolute Gasteiger partial charge is 0.341 e. The van der Waals surface area contributed by atoms with Gasteiger partial charge in [-0.25, -0.2) is 14.8 Å². The summed E-state index contributed by atoms with van der Waals surface area (Å²) < 4.78 is 12.6. The lowest BCUT2D eigenvalue weighted by atomic mass is 9.93. The van der Waals surface area contributed by atoms with E-state index in [1.807, 2.05) is 18.7 Å². The fraction of sp³-hybridized carbons (Fsp3) is 0.550. The number of rotatable bonds is 5. The zero-order valence-corrected chi connectivity index (χ0v) is 17.0. The highest BCUT2D eigenvalue weighted by Gasteiger charge is 2.29. The van der Waals surface area contributed by atoms with E-state index in [2.05, 4.69) is 33.6 Å². The maximum Gasteiger partial charge on any atom is 0.341 e. The van der Waals surface area contributed by atoms with Gasteiger partial charge in [0.05, 0.1) is 19.5 Å². The third kappa shape index (κ3) is 4.37. The van der Waals surface area contributed by atoms with Gasteiger partial charge in [0.2, 0.25) is 0 Å². The normalized spacial score (nSPS) is 20.3. The fourth-order valence-corrected chi connectivity index (χ4v) is 3.61. The lowest BCUT2D eigenvalue weighted by molar-refractivity contribution is 0.0599. The van der Waals surface area contributed by atoms with E-state index in [-0.39, 0.29) is 0 Å². The minimum absolute atomic E-state index is 0.358. The molecule has 3 rings (SSSR count). The maximum absolute atomic E-state index is 11.8. The number of esters is 1. The maximum atomic E-state index is 11.8. The van der Waals surface area contributed by atoms with Gasteiger partial charge in [0.1, 0.15) is 23.6 Å². The number of ether oxygens (including phenoxy) is 1. The number of furan rings is 1. The van der Waals surface area contributed by atoms with Crippen molar-refractivity contribution in [3.63, 3.8) is 0 Å². The Bertz CT molecular complexity index is 812. The lowest BCUT2D eigenvalue weighted by Gasteiger charge is -2.39. The summed E-state index contributed by atoms with van der Waals surface area (Å²) in [6.45, 7) is 9.06. The third-order valence-corrected chi connectivity index (χ3v) is 5.22. The van der Waals surface area contributed by atoms with Crippen LogP contribution in [-0.4, -0.2) is 53.1 Å². The van der Waals surface area contributed by atoms with Crippen LogP contribution in [0, 0.1) is 12.8 Å². The Morgan fingerprint density at radius 1 is 1.50 bits per heavy atom. The minimum Gasteiger partial charge on any atom is -0.465 e. The van der Waals surface area contributed by atoms with Crippen LogP contribution in [-0.2, 0) is 11.3 Å². The number of nitrogens with zero attached hydrogens (tertiary/aromatic N) is 4. The summed E-state index contributed by atoms with van der Waals surface area (Å²) >= 11 is 0. The van der Waals surface area contributed by atoms with Gasteiger partial charge in [-0.15, -0.1) is 0 Å². The van der Waals surface area contributed by atoms with Crippen molar-refractivity contribution in [1.29, 1.82) is 0 Å². The van der Waals surface area contributed by atoms with Gasteiger partial charge in [-0.05, 0) is 32.3 Å². The number of imidazole rings is 1. The molecule has 2 aromatic rings. The van der Waals surface area contributed by atoms with Crippen LogP contribution in [0.2, 0.25) is 0 Å². The first kappa shape index (κ1) is 20.0. The van der Waals surface area contributed by atoms with Gasteiger partial charge >= 0.3 is 5.97 Å². The van der Waals surface area contributed by atoms with Gasteiger partial charge in [0.25, 0.3) is 0 Å². The molecular weight excluding hydrogens is 358 g/mol. The summed E-state index contributed by atoms with van der Waals surface area (Å²) in [7, 11) is 1.36. The number of aromatic nitrogens is 2. The Hall–Kier alpha value is -2.77. The second-order valence-electron chi connectivity index (χ2n) is 7.13. The number of hydrogen-bond acceptors (Lipinski definition) is 5. The van der Waals surface area contributed by atoms with Crippen molar-refractivity contribution in [3.05, 3.63) is 41.9 Å². The SMILES string of the molecule is CCNC(=NCc1cc(C(=O)OC)c(C)o1)N1CCC(C)C(n2ccnc2)C1. The molecule has 0 saturated carbocycles. The predicted molar refractivity (Wildman–Crippen MR) is 106 cm³/mol. The standard InChI is InChI=1S/C20H29N5O3/c1-5-22-20(23-11-16-10-17(15(3)28-16)19(26)27-4)24-8-6-14(2)18(12-24)25-9-7-21-13-25/h7,9-10,13-14,18H,5-6,8,11-12H2,1-4H3,(H,22,23). The summed E-state index contributed by atoms with van der Waals surface area (Å²) in [6, 6.07) is 2.07. The molecule has 3 heterocycles. The summed E-state index contributed by atoms with van der Waals surface area (Å²) in [5.74, 6) is 2.23. The summed E-state index contributed by atoms with van der Waals surface area (Å²) in [4.78, 5) is 23.0. The summed E-state index contributed by atoms with van der Waals surface area (Å²) in [5.41, 5.74) is 0.449. The molecule has 152 valence electrons. The quantitative estimate of drug-likeness (QED) is 0.482. The van der Waals surface area contributed by atoms with Crippen molar-refractivity contribution in [2.24, 2.45) is 10.9 Å². The second-order valence-corrected chi connectivity index (χ2v) is 7.13. The number of guanidine groups is 1. The molecule has 0 aromatic carbocycles. The van der Waals surface area contributed by atoms with Crippen LogP contribution in [0.5, 0.6) is 0 Å². The van der Waals surface area contributed by atoms with E-state index in [9.17, 15) is 4.79 Å². The zero-order valence-electron chi connectivity index (χ0n) is 17.0. The van der Waals surface area contributed by atoms with Crippen molar-refractivity contribution >= 4 is 11.9 Å². The number of aliphatic imine (C=N–C) groups is 1.